The lowest BCUT2D eigenvalue weighted by atomic mass is 9.90. The van der Waals surface area contributed by atoms with Crippen molar-refractivity contribution in [3.05, 3.63) is 71.3 Å². The van der Waals surface area contributed by atoms with E-state index in [0.29, 0.717) is 0 Å². The lowest BCUT2D eigenvalue weighted by Gasteiger charge is -2.31. The molecule has 0 aromatic heterocycles. The lowest BCUT2D eigenvalue weighted by Crippen LogP contribution is -2.31. The number of rotatable bonds is 2. The first kappa shape index (κ1) is 13.7. The number of nitrogens with one attached hydrogen (secondary N) is 1. The molecule has 1 heterocycles. The van der Waals surface area contributed by atoms with Gasteiger partial charge in [-0.3, -0.25) is 0 Å². The molecule has 1 aliphatic heterocycles. The van der Waals surface area contributed by atoms with Gasteiger partial charge < -0.3 is 5.32 Å². The second-order valence-corrected chi connectivity index (χ2v) is 6.22. The van der Waals surface area contributed by atoms with Crippen LogP contribution in [0.3, 0.4) is 0 Å². The highest BCUT2D eigenvalue weighted by Gasteiger charge is 2.21. The van der Waals surface area contributed by atoms with E-state index >= 15 is 0 Å². The quantitative estimate of drug-likeness (QED) is 0.717. The maximum absolute atomic E-state index is 3.57. The maximum atomic E-state index is 3.57. The Labute approximate surface area is 127 Å². The predicted molar refractivity (Wildman–Crippen MR) is 93.2 cm³/mol. The van der Waals surface area contributed by atoms with Crippen molar-refractivity contribution in [2.45, 2.75) is 26.3 Å². The monoisotopic (exact) mass is 275 g/mol. The van der Waals surface area contributed by atoms with Crippen LogP contribution in [0.1, 0.15) is 37.5 Å². The van der Waals surface area contributed by atoms with Gasteiger partial charge in [-0.1, -0.05) is 54.6 Å². The molecule has 2 aromatic rings. The normalized spacial score (nSPS) is 16.2. The van der Waals surface area contributed by atoms with Crippen molar-refractivity contribution < 1.29 is 0 Å². The molecule has 0 unspecified atom stereocenters. The first-order valence-electron chi connectivity index (χ1n) is 7.39. The molecular weight excluding hydrogens is 254 g/mol. The fourth-order valence-electron chi connectivity index (χ4n) is 2.86. The number of hydrogen-bond donors (Lipinski definition) is 1. The molecule has 0 amide bonds. The van der Waals surface area contributed by atoms with E-state index in [1.807, 2.05) is 6.07 Å². The minimum absolute atomic E-state index is 0.0263. The fourth-order valence-corrected chi connectivity index (χ4v) is 2.86. The van der Waals surface area contributed by atoms with Gasteiger partial charge in [0.05, 0.1) is 5.54 Å². The zero-order valence-corrected chi connectivity index (χ0v) is 12.9. The Morgan fingerprint density at radius 2 is 1.62 bits per heavy atom. The second-order valence-electron chi connectivity index (χ2n) is 6.22. The molecule has 3 rings (SSSR count). The molecule has 2 aromatic carbocycles. The molecule has 1 N–H and O–H groups in total. The van der Waals surface area contributed by atoms with E-state index in [4.69, 9.17) is 0 Å². The van der Waals surface area contributed by atoms with Gasteiger partial charge in [0.1, 0.15) is 0 Å². The van der Waals surface area contributed by atoms with Crippen LogP contribution in [0.5, 0.6) is 0 Å². The van der Waals surface area contributed by atoms with E-state index in [-0.39, 0.29) is 5.54 Å². The van der Waals surface area contributed by atoms with E-state index in [0.717, 1.165) is 0 Å². The van der Waals surface area contributed by atoms with Crippen LogP contribution in [0, 0.1) is 0 Å². The Balaban J connectivity index is 1.91. The molecule has 1 heteroatoms. The zero-order chi connectivity index (χ0) is 14.9. The minimum Gasteiger partial charge on any atom is -0.376 e. The van der Waals surface area contributed by atoms with Crippen LogP contribution >= 0.6 is 0 Å². The van der Waals surface area contributed by atoms with Crippen molar-refractivity contribution in [3.63, 3.8) is 0 Å². The number of fused-ring (bicyclic) bond motifs is 1. The van der Waals surface area contributed by atoms with Crippen molar-refractivity contribution in [1.29, 1.82) is 0 Å². The topological polar surface area (TPSA) is 12.0 Å². The van der Waals surface area contributed by atoms with Gasteiger partial charge in [0, 0.05) is 11.3 Å². The van der Waals surface area contributed by atoms with Gasteiger partial charge in [0.25, 0.3) is 0 Å². The molecule has 0 atom stereocenters. The third-order valence-electron chi connectivity index (χ3n) is 3.77. The third-order valence-corrected chi connectivity index (χ3v) is 3.77. The lowest BCUT2D eigenvalue weighted by molar-refractivity contribution is 0.707. The summed E-state index contributed by atoms with van der Waals surface area (Å²) < 4.78 is 0. The predicted octanol–water partition coefficient (Wildman–Crippen LogP) is 5.46. The van der Waals surface area contributed by atoms with Crippen molar-refractivity contribution in [1.82, 2.24) is 0 Å². The highest BCUT2D eigenvalue weighted by atomic mass is 15.0. The number of benzene rings is 2. The van der Waals surface area contributed by atoms with E-state index in [9.17, 15) is 0 Å². The van der Waals surface area contributed by atoms with E-state index in [1.54, 1.807) is 0 Å². The largest absolute Gasteiger partial charge is 0.376 e. The van der Waals surface area contributed by atoms with E-state index < -0.39 is 0 Å². The van der Waals surface area contributed by atoms with Crippen molar-refractivity contribution in [2.75, 3.05) is 5.32 Å². The Kier molecular flexibility index (Phi) is 3.42. The van der Waals surface area contributed by atoms with Crippen LogP contribution in [-0.2, 0) is 0 Å². The molecule has 0 aliphatic carbocycles. The second kappa shape index (κ2) is 5.25. The summed E-state index contributed by atoms with van der Waals surface area (Å²) in [4.78, 5) is 0. The van der Waals surface area contributed by atoms with Gasteiger partial charge in [0.2, 0.25) is 0 Å². The minimum atomic E-state index is 0.0263. The van der Waals surface area contributed by atoms with Crippen LogP contribution in [0.4, 0.5) is 5.69 Å². The molecule has 0 spiro atoms. The summed E-state index contributed by atoms with van der Waals surface area (Å²) in [6.07, 6.45) is 6.61. The molecule has 0 radical (unpaired) electrons. The van der Waals surface area contributed by atoms with Crippen LogP contribution in [0.25, 0.3) is 17.7 Å². The number of hydrogen-bond acceptors (Lipinski definition) is 1. The molecule has 21 heavy (non-hydrogen) atoms. The molecule has 1 nitrogen and oxygen atoms in total. The summed E-state index contributed by atoms with van der Waals surface area (Å²) in [7, 11) is 0. The SMILES string of the molecule is CC1=CC(C)(C)Nc2ccc(C=Cc3ccccc3)cc21. The fraction of sp³-hybridized carbons (Fsp3) is 0.200. The van der Waals surface area contributed by atoms with Gasteiger partial charge >= 0.3 is 0 Å². The summed E-state index contributed by atoms with van der Waals surface area (Å²) in [5.74, 6) is 0. The molecule has 0 saturated carbocycles. The zero-order valence-electron chi connectivity index (χ0n) is 12.9. The van der Waals surface area contributed by atoms with Crippen molar-refractivity contribution >= 4 is 23.4 Å². The molecule has 0 fully saturated rings. The van der Waals surface area contributed by atoms with E-state index in [2.05, 4.69) is 86.8 Å². The van der Waals surface area contributed by atoms with Gasteiger partial charge in [-0.25, -0.2) is 0 Å². The summed E-state index contributed by atoms with van der Waals surface area (Å²) in [5.41, 5.74) is 6.33. The standard InChI is InChI=1S/C20H21N/c1-15-14-20(2,3)21-19-12-11-17(13-18(15)19)10-9-16-7-5-4-6-8-16/h4-14,21H,1-3H3. The smallest absolute Gasteiger partial charge is 0.0505 e. The average Bonchev–Trinajstić information content (AvgIpc) is 2.45. The molecular formula is C20H21N. The van der Waals surface area contributed by atoms with Crippen LogP contribution < -0.4 is 5.32 Å². The number of anilines is 1. The number of allylic oxidation sites excluding steroid dienone is 1. The van der Waals surface area contributed by atoms with Crippen LogP contribution in [-0.4, -0.2) is 5.54 Å². The first-order valence-corrected chi connectivity index (χ1v) is 7.39. The third kappa shape index (κ3) is 3.08. The summed E-state index contributed by atoms with van der Waals surface area (Å²) in [6.45, 7) is 6.58. The Hall–Kier alpha value is -2.28. The van der Waals surface area contributed by atoms with Crippen LogP contribution in [0.2, 0.25) is 0 Å². The Morgan fingerprint density at radius 1 is 0.905 bits per heavy atom. The average molecular weight is 275 g/mol. The van der Waals surface area contributed by atoms with Gasteiger partial charge in [-0.15, -0.1) is 0 Å². The Morgan fingerprint density at radius 3 is 2.38 bits per heavy atom. The van der Waals surface area contributed by atoms with E-state index in [1.165, 1.54) is 28.0 Å². The highest BCUT2D eigenvalue weighted by molar-refractivity contribution is 5.82. The molecule has 0 bridgehead atoms. The maximum Gasteiger partial charge on any atom is 0.0505 e. The van der Waals surface area contributed by atoms with Crippen molar-refractivity contribution in [3.8, 4) is 0 Å². The molecule has 0 saturated heterocycles. The highest BCUT2D eigenvalue weighted by Crippen LogP contribution is 2.34. The first-order chi connectivity index (χ1) is 10.0. The summed E-state index contributed by atoms with van der Waals surface area (Å²) in [6, 6.07) is 17.0. The van der Waals surface area contributed by atoms with Gasteiger partial charge in [-0.2, -0.15) is 0 Å². The summed E-state index contributed by atoms with van der Waals surface area (Å²) >= 11 is 0. The Bertz CT molecular complexity index is 706. The van der Waals surface area contributed by atoms with Gasteiger partial charge in [0.15, 0.2) is 0 Å². The van der Waals surface area contributed by atoms with Crippen molar-refractivity contribution in [2.24, 2.45) is 0 Å². The van der Waals surface area contributed by atoms with Gasteiger partial charge in [-0.05, 0) is 49.6 Å². The molecule has 106 valence electrons. The molecule has 1 aliphatic rings. The summed E-state index contributed by atoms with van der Waals surface area (Å²) in [5, 5.41) is 3.57. The van der Waals surface area contributed by atoms with Crippen LogP contribution in [0.15, 0.2) is 54.6 Å².